The molecule has 1 saturated heterocycles. The van der Waals surface area contributed by atoms with Gasteiger partial charge >= 0.3 is 29.8 Å². The summed E-state index contributed by atoms with van der Waals surface area (Å²) in [6.07, 6.45) is -8.07. The van der Waals surface area contributed by atoms with Gasteiger partial charge < -0.3 is 28.4 Å². The molecule has 6 rings (SSSR count). The minimum atomic E-state index is -1.75. The molecule has 5 aromatic rings. The van der Waals surface area contributed by atoms with Crippen molar-refractivity contribution in [3.8, 4) is 0 Å². The number of hydrogen-bond donors (Lipinski definition) is 0. The van der Waals surface area contributed by atoms with E-state index in [1.165, 1.54) is 48.5 Å². The predicted octanol–water partition coefficient (Wildman–Crippen LogP) is 6.10. The molecule has 1 fully saturated rings. The Hall–Kier alpha value is -6.59. The quantitative estimate of drug-likeness (QED) is 0.117. The molecule has 5 aromatic carbocycles. The van der Waals surface area contributed by atoms with E-state index in [4.69, 9.17) is 28.4 Å². The highest BCUT2D eigenvalue weighted by atomic mass is 16.7. The van der Waals surface area contributed by atoms with Gasteiger partial charge in [0.15, 0.2) is 12.2 Å². The average Bonchev–Trinajstić information content (AvgIpc) is 3.20. The highest BCUT2D eigenvalue weighted by Gasteiger charge is 2.54. The summed E-state index contributed by atoms with van der Waals surface area (Å²) in [5.41, 5.74) is 0.762. The molecule has 262 valence electrons. The Kier molecular flexibility index (Phi) is 11.4. The third kappa shape index (κ3) is 8.76. The summed E-state index contributed by atoms with van der Waals surface area (Å²) in [6.45, 7) is -0.557. The van der Waals surface area contributed by atoms with Crippen molar-refractivity contribution >= 4 is 29.8 Å². The fourth-order valence-corrected chi connectivity index (χ4v) is 5.37. The Morgan fingerprint density at radius 1 is 0.385 bits per heavy atom. The van der Waals surface area contributed by atoms with Gasteiger partial charge in [0.1, 0.15) is 12.7 Å². The summed E-state index contributed by atoms with van der Waals surface area (Å²) in [4.78, 5) is 67.4. The van der Waals surface area contributed by atoms with Crippen LogP contribution in [0.4, 0.5) is 0 Å². The van der Waals surface area contributed by atoms with Gasteiger partial charge in [-0.05, 0) is 60.7 Å². The van der Waals surface area contributed by atoms with Gasteiger partial charge in [-0.1, -0.05) is 91.0 Å². The molecular formula is C41H32O11. The fourth-order valence-electron chi connectivity index (χ4n) is 5.37. The summed E-state index contributed by atoms with van der Waals surface area (Å²) >= 11 is 0. The van der Waals surface area contributed by atoms with Crippen LogP contribution in [0.25, 0.3) is 0 Å². The minimum Gasteiger partial charge on any atom is -0.459 e. The molecule has 0 unspecified atom stereocenters. The van der Waals surface area contributed by atoms with Gasteiger partial charge in [-0.3, -0.25) is 0 Å². The van der Waals surface area contributed by atoms with Crippen molar-refractivity contribution in [1.29, 1.82) is 0 Å². The molecular weight excluding hydrogens is 668 g/mol. The van der Waals surface area contributed by atoms with Crippen molar-refractivity contribution < 1.29 is 52.4 Å². The van der Waals surface area contributed by atoms with E-state index in [1.807, 2.05) is 0 Å². The second kappa shape index (κ2) is 16.9. The first-order valence-electron chi connectivity index (χ1n) is 16.3. The molecule has 0 spiro atoms. The maximum Gasteiger partial charge on any atom is 0.340 e. The van der Waals surface area contributed by atoms with E-state index in [1.54, 1.807) is 103 Å². The highest BCUT2D eigenvalue weighted by Crippen LogP contribution is 2.32. The van der Waals surface area contributed by atoms with E-state index in [9.17, 15) is 24.0 Å². The topological polar surface area (TPSA) is 141 Å². The van der Waals surface area contributed by atoms with Gasteiger partial charge in [0, 0.05) is 0 Å². The second-order valence-electron chi connectivity index (χ2n) is 11.5. The van der Waals surface area contributed by atoms with Crippen molar-refractivity contribution in [1.82, 2.24) is 0 Å². The number of rotatable bonds is 11. The number of carbonyl (C=O) groups is 5. The van der Waals surface area contributed by atoms with Crippen LogP contribution in [0.2, 0.25) is 0 Å². The number of carbonyl (C=O) groups excluding carboxylic acids is 5. The smallest absolute Gasteiger partial charge is 0.340 e. The first kappa shape index (κ1) is 35.2. The van der Waals surface area contributed by atoms with Gasteiger partial charge in [-0.15, -0.1) is 0 Å². The summed E-state index contributed by atoms with van der Waals surface area (Å²) < 4.78 is 35.5. The zero-order valence-electron chi connectivity index (χ0n) is 27.5. The molecule has 1 heterocycles. The van der Waals surface area contributed by atoms with E-state index >= 15 is 0 Å². The first-order chi connectivity index (χ1) is 25.4. The van der Waals surface area contributed by atoms with E-state index in [0.717, 1.165) is 0 Å². The van der Waals surface area contributed by atoms with Crippen molar-refractivity contribution in [2.24, 2.45) is 0 Å². The lowest BCUT2D eigenvalue weighted by atomic mass is 9.97. The minimum absolute atomic E-state index is 0.125. The zero-order valence-corrected chi connectivity index (χ0v) is 27.5. The highest BCUT2D eigenvalue weighted by molar-refractivity contribution is 5.92. The van der Waals surface area contributed by atoms with Gasteiger partial charge in [-0.25, -0.2) is 24.0 Å². The molecule has 11 heteroatoms. The van der Waals surface area contributed by atoms with Crippen LogP contribution in [0.5, 0.6) is 0 Å². The molecule has 11 nitrogen and oxygen atoms in total. The molecule has 0 N–H and O–H groups in total. The molecule has 0 aliphatic carbocycles. The second-order valence-corrected chi connectivity index (χ2v) is 11.5. The Balaban J connectivity index is 1.41. The predicted molar refractivity (Wildman–Crippen MR) is 184 cm³/mol. The van der Waals surface area contributed by atoms with Crippen molar-refractivity contribution in [2.75, 3.05) is 6.61 Å². The monoisotopic (exact) mass is 700 g/mol. The van der Waals surface area contributed by atoms with E-state index in [-0.39, 0.29) is 27.8 Å². The Morgan fingerprint density at radius 2 is 0.692 bits per heavy atom. The average molecular weight is 701 g/mol. The molecule has 0 radical (unpaired) electrons. The normalized spacial score (nSPS) is 19.3. The third-order valence-corrected chi connectivity index (χ3v) is 7.97. The van der Waals surface area contributed by atoms with Crippen molar-refractivity contribution in [3.63, 3.8) is 0 Å². The van der Waals surface area contributed by atoms with Crippen LogP contribution in [0, 0.1) is 0 Å². The number of benzene rings is 5. The number of esters is 5. The number of ether oxygens (including phenoxy) is 6. The summed E-state index contributed by atoms with van der Waals surface area (Å²) in [6, 6.07) is 40.0. The van der Waals surface area contributed by atoms with Crippen LogP contribution in [0.1, 0.15) is 51.8 Å². The van der Waals surface area contributed by atoms with Gasteiger partial charge in [-0.2, -0.15) is 0 Å². The summed E-state index contributed by atoms with van der Waals surface area (Å²) in [7, 11) is 0. The lowest BCUT2D eigenvalue weighted by molar-refractivity contribution is -0.282. The molecule has 1 aliphatic heterocycles. The van der Waals surface area contributed by atoms with Gasteiger partial charge in [0.2, 0.25) is 12.4 Å². The Labute approximate surface area is 298 Å². The van der Waals surface area contributed by atoms with Crippen LogP contribution in [0.3, 0.4) is 0 Å². The maximum absolute atomic E-state index is 13.7. The van der Waals surface area contributed by atoms with Crippen LogP contribution < -0.4 is 0 Å². The van der Waals surface area contributed by atoms with Crippen LogP contribution in [0.15, 0.2) is 152 Å². The molecule has 0 bridgehead atoms. The van der Waals surface area contributed by atoms with Gasteiger partial charge in [0.05, 0.1) is 27.8 Å². The third-order valence-electron chi connectivity index (χ3n) is 7.97. The van der Waals surface area contributed by atoms with Gasteiger partial charge in [0.25, 0.3) is 0 Å². The lowest BCUT2D eigenvalue weighted by Gasteiger charge is -2.43. The van der Waals surface area contributed by atoms with Crippen LogP contribution in [-0.2, 0) is 28.4 Å². The fraction of sp³-hybridized carbons (Fsp3) is 0.146. The maximum atomic E-state index is 13.7. The van der Waals surface area contributed by atoms with Crippen LogP contribution in [-0.4, -0.2) is 67.2 Å². The largest absolute Gasteiger partial charge is 0.459 e. The standard InChI is InChI=1S/C41H32O11/c42-36(27-16-6-1-7-17-27)47-26-32-33(49-37(43)28-18-8-2-9-19-28)34(50-38(44)29-20-10-3-11-21-29)35(51-39(45)30-22-12-4-13-23-30)41(48-32)52-40(46)31-24-14-5-15-25-31/h1-25,32-35,41H,26H2/t32-,33+,34-,35-,41+/m0/s1. The SMILES string of the molecule is O=C(OC[C@@H]1O[C@H](OC(=O)c2ccccc2)[C@@H](OC(=O)c2ccccc2)[C@@H](OC(=O)c2ccccc2)[C@@H]1OC(=O)c1ccccc1)c1ccccc1. The number of hydrogen-bond acceptors (Lipinski definition) is 11. The molecule has 52 heavy (non-hydrogen) atoms. The molecule has 0 aromatic heterocycles. The van der Waals surface area contributed by atoms with E-state index < -0.39 is 67.2 Å². The summed E-state index contributed by atoms with van der Waals surface area (Å²) in [5.74, 6) is -4.19. The lowest BCUT2D eigenvalue weighted by Crippen LogP contribution is -2.63. The van der Waals surface area contributed by atoms with Crippen molar-refractivity contribution in [2.45, 2.75) is 30.7 Å². The Morgan fingerprint density at radius 3 is 1.08 bits per heavy atom. The molecule has 1 aliphatic rings. The Bertz CT molecular complexity index is 1970. The van der Waals surface area contributed by atoms with E-state index in [2.05, 4.69) is 0 Å². The first-order valence-corrected chi connectivity index (χ1v) is 16.3. The van der Waals surface area contributed by atoms with Crippen molar-refractivity contribution in [3.05, 3.63) is 179 Å². The summed E-state index contributed by atoms with van der Waals surface area (Å²) in [5, 5.41) is 0. The zero-order chi connectivity index (χ0) is 36.3. The molecule has 0 saturated carbocycles. The molecule has 0 amide bonds. The molecule has 5 atom stereocenters. The van der Waals surface area contributed by atoms with Crippen LogP contribution >= 0.6 is 0 Å². The van der Waals surface area contributed by atoms with E-state index in [0.29, 0.717) is 0 Å².